The third-order valence-electron chi connectivity index (χ3n) is 11.9. The van der Waals surface area contributed by atoms with Gasteiger partial charge in [0.05, 0.1) is 0 Å². The highest BCUT2D eigenvalue weighted by Crippen LogP contribution is 2.15. The fourth-order valence-corrected chi connectivity index (χ4v) is 7.63. The van der Waals surface area contributed by atoms with Gasteiger partial charge in [0.15, 0.2) is 6.10 Å². The van der Waals surface area contributed by atoms with Gasteiger partial charge in [-0.05, 0) is 83.5 Å². The predicted octanol–water partition coefficient (Wildman–Crippen LogP) is 18.9. The van der Waals surface area contributed by atoms with Crippen LogP contribution in [0.1, 0.15) is 258 Å². The van der Waals surface area contributed by atoms with Gasteiger partial charge in [-0.1, -0.05) is 253 Å². The van der Waals surface area contributed by atoms with Gasteiger partial charge in [0.1, 0.15) is 13.2 Å². The Balaban J connectivity index is 4.04. The molecule has 0 aromatic heterocycles. The lowest BCUT2D eigenvalue weighted by atomic mass is 10.0. The second-order valence-corrected chi connectivity index (χ2v) is 18.5. The molecule has 6 heteroatoms. The Morgan fingerprint density at radius 3 is 0.897 bits per heavy atom. The van der Waals surface area contributed by atoms with Crippen LogP contribution in [0.4, 0.5) is 0 Å². The van der Waals surface area contributed by atoms with Crippen molar-refractivity contribution < 1.29 is 28.6 Å². The van der Waals surface area contributed by atoms with Gasteiger partial charge in [0.2, 0.25) is 0 Å². The van der Waals surface area contributed by atoms with Gasteiger partial charge >= 0.3 is 17.9 Å². The average Bonchev–Trinajstić information content (AvgIpc) is 3.34. The lowest BCUT2D eigenvalue weighted by Crippen LogP contribution is -2.30. The maximum Gasteiger partial charge on any atom is 0.306 e. The number of rotatable bonds is 50. The van der Waals surface area contributed by atoms with Crippen molar-refractivity contribution in [1.29, 1.82) is 0 Å². The number of carbonyl (C=O) groups excluding carboxylic acids is 3. The molecule has 0 amide bonds. The zero-order chi connectivity index (χ0) is 49.3. The normalized spacial score (nSPS) is 12.8. The highest BCUT2D eigenvalue weighted by Gasteiger charge is 2.19. The molecular formula is C62H104O6. The molecule has 0 fully saturated rings. The number of hydrogen-bond acceptors (Lipinski definition) is 6. The van der Waals surface area contributed by atoms with E-state index >= 15 is 0 Å². The van der Waals surface area contributed by atoms with Gasteiger partial charge in [0, 0.05) is 19.3 Å². The van der Waals surface area contributed by atoms with Crippen molar-refractivity contribution in [2.75, 3.05) is 13.2 Å². The van der Waals surface area contributed by atoms with E-state index in [-0.39, 0.29) is 31.1 Å². The summed E-state index contributed by atoms with van der Waals surface area (Å²) in [5.41, 5.74) is 0. The second-order valence-electron chi connectivity index (χ2n) is 18.5. The Morgan fingerprint density at radius 1 is 0.309 bits per heavy atom. The van der Waals surface area contributed by atoms with Crippen LogP contribution in [0.5, 0.6) is 0 Å². The molecule has 0 N–H and O–H groups in total. The quantitative estimate of drug-likeness (QED) is 0.0262. The summed E-state index contributed by atoms with van der Waals surface area (Å²) in [5, 5.41) is 0. The van der Waals surface area contributed by atoms with Gasteiger partial charge in [-0.25, -0.2) is 0 Å². The molecule has 388 valence electrons. The Morgan fingerprint density at radius 2 is 0.574 bits per heavy atom. The molecular weight excluding hydrogens is 841 g/mol. The molecule has 0 aliphatic rings. The summed E-state index contributed by atoms with van der Waals surface area (Å²) in [4.78, 5) is 37.7. The molecule has 1 unspecified atom stereocenters. The summed E-state index contributed by atoms with van der Waals surface area (Å²) in [6.07, 6.45) is 74.5. The maximum absolute atomic E-state index is 12.7. The van der Waals surface area contributed by atoms with Gasteiger partial charge in [-0.2, -0.15) is 0 Å². The van der Waals surface area contributed by atoms with E-state index in [9.17, 15) is 14.4 Å². The van der Waals surface area contributed by atoms with E-state index in [4.69, 9.17) is 14.2 Å². The van der Waals surface area contributed by atoms with E-state index in [2.05, 4.69) is 118 Å². The van der Waals surface area contributed by atoms with Crippen LogP contribution in [0.15, 0.2) is 97.2 Å². The first-order valence-electron chi connectivity index (χ1n) is 28.2. The van der Waals surface area contributed by atoms with Crippen molar-refractivity contribution in [2.45, 2.75) is 264 Å². The lowest BCUT2D eigenvalue weighted by Gasteiger charge is -2.18. The maximum atomic E-state index is 12.7. The van der Waals surface area contributed by atoms with Crippen molar-refractivity contribution in [3.8, 4) is 0 Å². The molecule has 0 bridgehead atoms. The van der Waals surface area contributed by atoms with Gasteiger partial charge in [0.25, 0.3) is 0 Å². The van der Waals surface area contributed by atoms with Crippen LogP contribution in [0.25, 0.3) is 0 Å². The molecule has 0 aliphatic heterocycles. The minimum Gasteiger partial charge on any atom is -0.462 e. The van der Waals surface area contributed by atoms with E-state index in [0.29, 0.717) is 19.3 Å². The summed E-state index contributed by atoms with van der Waals surface area (Å²) in [6, 6.07) is 0. The second kappa shape index (κ2) is 55.9. The Kier molecular flexibility index (Phi) is 52.9. The van der Waals surface area contributed by atoms with Gasteiger partial charge in [-0.15, -0.1) is 0 Å². The summed E-state index contributed by atoms with van der Waals surface area (Å²) in [5.74, 6) is -0.900. The summed E-state index contributed by atoms with van der Waals surface area (Å²) >= 11 is 0. The number of esters is 3. The van der Waals surface area contributed by atoms with Gasteiger partial charge in [-0.3, -0.25) is 14.4 Å². The van der Waals surface area contributed by atoms with Crippen LogP contribution >= 0.6 is 0 Å². The highest BCUT2D eigenvalue weighted by atomic mass is 16.6. The molecule has 0 rings (SSSR count). The van der Waals surface area contributed by atoms with E-state index < -0.39 is 6.10 Å². The largest absolute Gasteiger partial charge is 0.462 e. The monoisotopic (exact) mass is 945 g/mol. The average molecular weight is 946 g/mol. The molecule has 1 atom stereocenters. The molecule has 68 heavy (non-hydrogen) atoms. The summed E-state index contributed by atoms with van der Waals surface area (Å²) in [7, 11) is 0. The molecule has 6 nitrogen and oxygen atoms in total. The van der Waals surface area contributed by atoms with Gasteiger partial charge < -0.3 is 14.2 Å². The van der Waals surface area contributed by atoms with Crippen molar-refractivity contribution in [3.05, 3.63) is 97.2 Å². The Labute approximate surface area is 419 Å². The van der Waals surface area contributed by atoms with Crippen LogP contribution in [0.2, 0.25) is 0 Å². The smallest absolute Gasteiger partial charge is 0.306 e. The first-order valence-corrected chi connectivity index (χ1v) is 28.2. The fourth-order valence-electron chi connectivity index (χ4n) is 7.63. The summed E-state index contributed by atoms with van der Waals surface area (Å²) in [6.45, 7) is 6.43. The van der Waals surface area contributed by atoms with Crippen molar-refractivity contribution >= 4 is 17.9 Å². The molecule has 0 saturated carbocycles. The van der Waals surface area contributed by atoms with Crippen molar-refractivity contribution in [3.63, 3.8) is 0 Å². The van der Waals surface area contributed by atoms with E-state index in [1.54, 1.807) is 0 Å². The lowest BCUT2D eigenvalue weighted by molar-refractivity contribution is -0.167. The number of carbonyl (C=O) groups is 3. The standard InChI is InChI=1S/C62H104O6/c1-4-7-10-13-15-17-19-21-22-23-24-25-26-27-28-29-30-31-32-33-34-35-36-37-38-39-40-41-43-44-46-49-52-55-61(64)67-58-59(57-66-60(63)54-51-48-12-9-6-3)68-62(65)56-53-50-47-45-42-20-18-16-14-11-8-5-2/h7,10,15,17,21-22,24-25,27-28,30-31,33-34,36-37,59H,4-6,8-9,11-14,16,18-20,23,26,29,32,35,38-58H2,1-3H3/b10-7-,17-15-,22-21-,25-24-,28-27-,31-30-,34-33-,37-36-. The van der Waals surface area contributed by atoms with E-state index in [1.165, 1.54) is 96.3 Å². The third-order valence-corrected chi connectivity index (χ3v) is 11.9. The van der Waals surface area contributed by atoms with Crippen LogP contribution < -0.4 is 0 Å². The van der Waals surface area contributed by atoms with Crippen LogP contribution in [-0.4, -0.2) is 37.2 Å². The Hall–Kier alpha value is -3.67. The zero-order valence-electron chi connectivity index (χ0n) is 44.3. The van der Waals surface area contributed by atoms with Crippen LogP contribution in [-0.2, 0) is 28.6 Å². The molecule has 0 aliphatic carbocycles. The number of ether oxygens (including phenoxy) is 3. The highest BCUT2D eigenvalue weighted by molar-refractivity contribution is 5.71. The van der Waals surface area contributed by atoms with E-state index in [1.807, 2.05) is 0 Å². The number of allylic oxidation sites excluding steroid dienone is 16. The Bertz CT molecular complexity index is 1360. The number of unbranched alkanes of at least 4 members (excludes halogenated alkanes) is 23. The third kappa shape index (κ3) is 53.3. The molecule has 0 aromatic rings. The van der Waals surface area contributed by atoms with Crippen molar-refractivity contribution in [2.24, 2.45) is 0 Å². The minimum atomic E-state index is -0.773. The molecule has 0 saturated heterocycles. The minimum absolute atomic E-state index is 0.0782. The topological polar surface area (TPSA) is 78.9 Å². The van der Waals surface area contributed by atoms with E-state index in [0.717, 1.165) is 122 Å². The summed E-state index contributed by atoms with van der Waals surface area (Å²) < 4.78 is 16.7. The first kappa shape index (κ1) is 64.3. The predicted molar refractivity (Wildman–Crippen MR) is 293 cm³/mol. The molecule has 0 aromatic carbocycles. The first-order chi connectivity index (χ1) is 33.5. The fraction of sp³-hybridized carbons (Fsp3) is 0.694. The number of hydrogen-bond donors (Lipinski definition) is 0. The van der Waals surface area contributed by atoms with Crippen molar-refractivity contribution in [1.82, 2.24) is 0 Å². The SMILES string of the molecule is CC/C=C\C/C=C\C/C=C\C/C=C\C/C=C\C/C=C\C/C=C\C/C=C\CCCCCCCCCCC(=O)OCC(COC(=O)CCCCCCC)OC(=O)CCCCCCCCCCCCCC. The molecule has 0 spiro atoms. The zero-order valence-corrected chi connectivity index (χ0v) is 44.3. The van der Waals surface area contributed by atoms with Crippen LogP contribution in [0, 0.1) is 0 Å². The molecule has 0 heterocycles. The van der Waals surface area contributed by atoms with Crippen LogP contribution in [0.3, 0.4) is 0 Å². The molecule has 0 radical (unpaired) electrons.